The predicted molar refractivity (Wildman–Crippen MR) is 286 cm³/mol. The van der Waals surface area contributed by atoms with E-state index in [1.807, 2.05) is 48.5 Å². The number of carboxylic acids is 1. The Morgan fingerprint density at radius 1 is 0.795 bits per heavy atom. The van der Waals surface area contributed by atoms with E-state index >= 15 is 0 Å². The first-order valence-electron chi connectivity index (χ1n) is 25.0. The van der Waals surface area contributed by atoms with Crippen LogP contribution in [0, 0.1) is 11.8 Å². The van der Waals surface area contributed by atoms with Crippen LogP contribution >= 0.6 is 11.8 Å². The number of carbonyl (C=O) groups excluding carboxylic acids is 7. The topological polar surface area (TPSA) is 339 Å². The Hall–Kier alpha value is -8.73. The van der Waals surface area contributed by atoms with E-state index in [-0.39, 0.29) is 144 Å². The predicted octanol–water partition coefficient (Wildman–Crippen LogP) is 1.23. The molecule has 2 unspecified atom stereocenters. The van der Waals surface area contributed by atoms with Gasteiger partial charge in [-0.15, -0.1) is 11.8 Å². The van der Waals surface area contributed by atoms with Gasteiger partial charge in [-0.1, -0.05) is 42.2 Å². The van der Waals surface area contributed by atoms with Crippen molar-refractivity contribution in [1.82, 2.24) is 46.1 Å². The number of fused-ring (bicyclic) bond motifs is 3. The fraction of sp³-hybridized carbons (Fsp3) is 0.358. The molecule has 1 fully saturated rings. The second-order valence-electron chi connectivity index (χ2n) is 17.7. The molecule has 2 aliphatic rings. The maximum Gasteiger partial charge on any atom is 0.326 e. The molecule has 2 aromatic heterocycles. The average molecular weight is 1090 g/mol. The van der Waals surface area contributed by atoms with Gasteiger partial charge in [-0.3, -0.25) is 48.2 Å². The van der Waals surface area contributed by atoms with Gasteiger partial charge in [0.1, 0.15) is 6.04 Å². The lowest BCUT2D eigenvalue weighted by atomic mass is 10.0. The highest BCUT2D eigenvalue weighted by Gasteiger charge is 2.38. The molecule has 0 saturated carbocycles. The number of aliphatic carboxylic acids is 1. The number of likely N-dealkylation sites (tertiary alicyclic amines) is 1. The second-order valence-corrected chi connectivity index (χ2v) is 19.0. The minimum atomic E-state index is -1.36. The first kappa shape index (κ1) is 57.0. The number of carboxylic acid groups (broad SMARTS) is 1. The van der Waals surface area contributed by atoms with Gasteiger partial charge in [0.2, 0.25) is 41.4 Å². The lowest BCUT2D eigenvalue weighted by Gasteiger charge is -2.26. The number of imide groups is 1. The average Bonchev–Trinajstić information content (AvgIpc) is 3.71. The number of anilines is 3. The largest absolute Gasteiger partial charge is 0.480 e. The molecule has 24 nitrogen and oxygen atoms in total. The van der Waals surface area contributed by atoms with Crippen LogP contribution in [0.25, 0.3) is 11.2 Å². The highest BCUT2D eigenvalue weighted by Crippen LogP contribution is 2.27. The number of ether oxygens (including phenoxy) is 2. The van der Waals surface area contributed by atoms with Crippen molar-refractivity contribution in [2.75, 3.05) is 74.3 Å². The summed E-state index contributed by atoms with van der Waals surface area (Å²) >= 11 is 1.18. The van der Waals surface area contributed by atoms with Crippen molar-refractivity contribution in [3.63, 3.8) is 0 Å². The van der Waals surface area contributed by atoms with E-state index < -0.39 is 46.4 Å². The number of H-pyrrole nitrogens is 1. The molecule has 9 N–H and O–H groups in total. The Bertz CT molecular complexity index is 3150. The molecule has 3 aromatic carbocycles. The van der Waals surface area contributed by atoms with Crippen LogP contribution in [0.1, 0.15) is 71.3 Å². The zero-order chi connectivity index (χ0) is 55.4. The first-order chi connectivity index (χ1) is 37.7. The Balaban J connectivity index is 0.685. The van der Waals surface area contributed by atoms with Crippen molar-refractivity contribution in [2.24, 2.45) is 0 Å². The van der Waals surface area contributed by atoms with E-state index in [0.29, 0.717) is 17.9 Å². The molecule has 0 spiro atoms. The molecule has 78 heavy (non-hydrogen) atoms. The number of carbonyl (C=O) groups is 8. The lowest BCUT2D eigenvalue weighted by Crippen LogP contribution is -2.41. The number of aromatic nitrogens is 4. The molecule has 0 aliphatic carbocycles. The van der Waals surface area contributed by atoms with Crippen LogP contribution in [-0.2, 0) is 56.1 Å². The zero-order valence-corrected chi connectivity index (χ0v) is 43.2. The third-order valence-electron chi connectivity index (χ3n) is 12.1. The molecule has 2 atom stereocenters. The Morgan fingerprint density at radius 3 is 2.28 bits per heavy atom. The van der Waals surface area contributed by atoms with E-state index in [2.05, 4.69) is 58.4 Å². The van der Waals surface area contributed by atoms with Crippen molar-refractivity contribution in [2.45, 2.75) is 62.9 Å². The number of nitrogen functional groups attached to an aromatic ring is 1. The molecule has 7 rings (SSSR count). The number of rotatable bonds is 28. The molecule has 25 heteroatoms. The zero-order valence-electron chi connectivity index (χ0n) is 42.3. The van der Waals surface area contributed by atoms with E-state index in [0.717, 1.165) is 27.3 Å². The molecule has 4 heterocycles. The van der Waals surface area contributed by atoms with Gasteiger partial charge in [0.05, 0.1) is 62.3 Å². The third-order valence-corrected chi connectivity index (χ3v) is 13.3. The fourth-order valence-electron chi connectivity index (χ4n) is 8.05. The van der Waals surface area contributed by atoms with Crippen LogP contribution in [0.15, 0.2) is 83.8 Å². The summed E-state index contributed by atoms with van der Waals surface area (Å²) in [5.74, 6) is 2.50. The van der Waals surface area contributed by atoms with Gasteiger partial charge in [-0.05, 0) is 54.4 Å². The van der Waals surface area contributed by atoms with Crippen molar-refractivity contribution in [1.29, 1.82) is 0 Å². The summed E-state index contributed by atoms with van der Waals surface area (Å²) in [7, 11) is 0. The number of aromatic amines is 1. The van der Waals surface area contributed by atoms with Gasteiger partial charge in [-0.25, -0.2) is 14.8 Å². The molecule has 5 aromatic rings. The number of benzene rings is 3. The van der Waals surface area contributed by atoms with Gasteiger partial charge >= 0.3 is 5.97 Å². The number of para-hydroxylation sites is 1. The van der Waals surface area contributed by atoms with Crippen molar-refractivity contribution in [3.05, 3.63) is 117 Å². The SMILES string of the molecule is Nc1nc2ncc(CNc3ccc(C(=O)NC(CCC(=O)NCCSC4CC(=O)N(CCC(=O)NCCOCCOCCC(=O)NCCC(=O)N5Cc6ccccc6C#Cc6ccccc65)C4=O)C(=O)O)cc3)nc2c(=O)[nH]1. The summed E-state index contributed by atoms with van der Waals surface area (Å²) in [5.41, 5.74) is 9.65. The highest BCUT2D eigenvalue weighted by atomic mass is 32.2. The molecule has 0 radical (unpaired) electrons. The van der Waals surface area contributed by atoms with Crippen LogP contribution in [-0.4, -0.2) is 147 Å². The van der Waals surface area contributed by atoms with Crippen LogP contribution in [0.4, 0.5) is 17.3 Å². The van der Waals surface area contributed by atoms with Crippen LogP contribution < -0.4 is 42.8 Å². The number of nitrogens with zero attached hydrogens (tertiary/aromatic N) is 5. The van der Waals surface area contributed by atoms with Gasteiger partial charge in [0.25, 0.3) is 11.5 Å². The van der Waals surface area contributed by atoms with Gasteiger partial charge < -0.3 is 51.8 Å². The summed E-state index contributed by atoms with van der Waals surface area (Å²) in [6.45, 7) is 1.70. The van der Waals surface area contributed by atoms with Gasteiger partial charge in [0, 0.05) is 86.4 Å². The minimum absolute atomic E-state index is 0.0289. The van der Waals surface area contributed by atoms with Crippen molar-refractivity contribution >= 4 is 87.6 Å². The number of nitrogens with one attached hydrogen (secondary N) is 6. The molecule has 408 valence electrons. The summed E-state index contributed by atoms with van der Waals surface area (Å²) in [6.07, 6.45) is 1.07. The molecular weight excluding hydrogens is 1030 g/mol. The molecule has 0 bridgehead atoms. The Kier molecular flexibility index (Phi) is 20.8. The van der Waals surface area contributed by atoms with E-state index in [1.165, 1.54) is 30.1 Å². The number of nitrogens with two attached hydrogens (primary N) is 1. The minimum Gasteiger partial charge on any atom is -0.480 e. The third kappa shape index (κ3) is 16.6. The molecule has 2 aliphatic heterocycles. The van der Waals surface area contributed by atoms with Gasteiger partial charge in [0.15, 0.2) is 11.2 Å². The summed E-state index contributed by atoms with van der Waals surface area (Å²) in [4.78, 5) is 131. The maximum atomic E-state index is 13.4. The lowest BCUT2D eigenvalue weighted by molar-refractivity contribution is -0.140. The maximum absolute atomic E-state index is 13.4. The smallest absolute Gasteiger partial charge is 0.326 e. The van der Waals surface area contributed by atoms with Crippen molar-refractivity contribution in [3.8, 4) is 11.8 Å². The first-order valence-corrected chi connectivity index (χ1v) is 26.1. The second kappa shape index (κ2) is 28.4. The van der Waals surface area contributed by atoms with E-state index in [1.54, 1.807) is 17.0 Å². The molecule has 7 amide bonds. The highest BCUT2D eigenvalue weighted by molar-refractivity contribution is 8.00. The Morgan fingerprint density at radius 2 is 1.49 bits per heavy atom. The molecular formula is C53H58N12O12S. The van der Waals surface area contributed by atoms with Gasteiger partial charge in [-0.2, -0.15) is 4.98 Å². The number of hydrogen-bond donors (Lipinski definition) is 8. The monoisotopic (exact) mass is 1090 g/mol. The number of hydrogen-bond acceptors (Lipinski definition) is 17. The number of thioether (sulfide) groups is 1. The van der Waals surface area contributed by atoms with Crippen LogP contribution in [0.2, 0.25) is 0 Å². The number of amides is 7. The van der Waals surface area contributed by atoms with E-state index in [9.17, 15) is 48.3 Å². The normalized spacial score (nSPS) is 14.0. The summed E-state index contributed by atoms with van der Waals surface area (Å²) in [6, 6.07) is 20.0. The standard InChI is InChI=1S/C53H58N12O12S/c54-53-62-48-47(50(72)63-53)60-38(31-59-48)30-58-37-13-11-35(12-14-37)49(71)61-39(52(74)75)15-16-42(66)57-22-28-78-41-29-46(70)64(51(41)73)23-18-43(67)56-21-25-77-27-26-76-24-19-44(68)55-20-17-45(69)65-32-36-7-2-1-5-33(36)9-10-34-6-3-4-8-40(34)65/h1-8,11-14,31,39,41,58H,15-30,32H2,(H,55,68)(H,56,67)(H,57,66)(H,61,71)(H,74,75)(H3,54,59,62,63,72). The molecule has 1 saturated heterocycles. The summed E-state index contributed by atoms with van der Waals surface area (Å²) in [5, 5.41) is 22.7. The quantitative estimate of drug-likeness (QED) is 0.0198. The van der Waals surface area contributed by atoms with Crippen molar-refractivity contribution < 1.29 is 52.9 Å². The Labute approximate surface area is 451 Å². The van der Waals surface area contributed by atoms with E-state index in [4.69, 9.17) is 15.2 Å². The van der Waals surface area contributed by atoms with Crippen LogP contribution in [0.5, 0.6) is 0 Å². The fourth-order valence-corrected chi connectivity index (χ4v) is 9.09. The summed E-state index contributed by atoms with van der Waals surface area (Å²) < 4.78 is 11.0. The van der Waals surface area contributed by atoms with Crippen LogP contribution in [0.3, 0.4) is 0 Å².